The van der Waals surface area contributed by atoms with Crippen molar-refractivity contribution in [3.8, 4) is 0 Å². The van der Waals surface area contributed by atoms with Crippen LogP contribution in [-0.2, 0) is 0 Å². The molecule has 0 spiro atoms. The summed E-state index contributed by atoms with van der Waals surface area (Å²) in [7, 11) is 0. The largest absolute Gasteiger partial charge is 0.389 e. The molecule has 0 bridgehead atoms. The Morgan fingerprint density at radius 3 is 2.00 bits per heavy atom. The standard InChI is InChI=1S/C16H33F3N2/c1-6-13-20-14(11-10-12-16(17,18)19)15(5,7-2)21(8-3)9-4/h14,20H,6-13H2,1-5H3. The lowest BCUT2D eigenvalue weighted by atomic mass is 9.84. The van der Waals surface area contributed by atoms with Gasteiger partial charge in [0.25, 0.3) is 0 Å². The van der Waals surface area contributed by atoms with Crippen LogP contribution < -0.4 is 5.32 Å². The SMILES string of the molecule is CCCNC(CCCC(F)(F)F)C(C)(CC)N(CC)CC. The van der Waals surface area contributed by atoms with Crippen LogP contribution >= 0.6 is 0 Å². The molecule has 0 heterocycles. The van der Waals surface area contributed by atoms with Crippen molar-refractivity contribution in [2.24, 2.45) is 0 Å². The molecule has 5 heteroatoms. The maximum atomic E-state index is 12.4. The molecule has 0 rings (SSSR count). The van der Waals surface area contributed by atoms with E-state index in [4.69, 9.17) is 0 Å². The third kappa shape index (κ3) is 7.00. The first-order valence-electron chi connectivity index (χ1n) is 8.30. The van der Waals surface area contributed by atoms with E-state index in [-0.39, 0.29) is 18.0 Å². The first-order valence-corrected chi connectivity index (χ1v) is 8.30. The summed E-state index contributed by atoms with van der Waals surface area (Å²) in [6, 6.07) is 0.102. The highest BCUT2D eigenvalue weighted by molar-refractivity contribution is 4.95. The van der Waals surface area contributed by atoms with Crippen molar-refractivity contribution in [1.29, 1.82) is 0 Å². The van der Waals surface area contributed by atoms with Crippen LogP contribution in [-0.4, -0.2) is 42.3 Å². The quantitative estimate of drug-likeness (QED) is 0.600. The number of nitrogens with one attached hydrogen (secondary N) is 1. The Morgan fingerprint density at radius 1 is 1.05 bits per heavy atom. The van der Waals surface area contributed by atoms with Crippen LogP contribution in [0, 0.1) is 0 Å². The third-order valence-electron chi connectivity index (χ3n) is 4.55. The Morgan fingerprint density at radius 2 is 1.62 bits per heavy atom. The van der Waals surface area contributed by atoms with E-state index < -0.39 is 12.6 Å². The predicted octanol–water partition coefficient (Wildman–Crippen LogP) is 4.60. The molecule has 0 aliphatic heterocycles. The van der Waals surface area contributed by atoms with Crippen molar-refractivity contribution >= 4 is 0 Å². The van der Waals surface area contributed by atoms with Gasteiger partial charge in [-0.05, 0) is 52.2 Å². The fraction of sp³-hybridized carbons (Fsp3) is 1.00. The van der Waals surface area contributed by atoms with Gasteiger partial charge in [-0.3, -0.25) is 4.90 Å². The first-order chi connectivity index (χ1) is 9.75. The van der Waals surface area contributed by atoms with Gasteiger partial charge in [0.05, 0.1) is 0 Å². The van der Waals surface area contributed by atoms with Gasteiger partial charge >= 0.3 is 6.18 Å². The Hall–Kier alpha value is -0.290. The highest BCUT2D eigenvalue weighted by atomic mass is 19.4. The van der Waals surface area contributed by atoms with Gasteiger partial charge in [0.2, 0.25) is 0 Å². The number of hydrogen-bond acceptors (Lipinski definition) is 2. The lowest BCUT2D eigenvalue weighted by Gasteiger charge is -2.46. The number of likely N-dealkylation sites (N-methyl/N-ethyl adjacent to an activating group) is 1. The molecule has 2 atom stereocenters. The summed E-state index contributed by atoms with van der Waals surface area (Å²) < 4.78 is 37.2. The summed E-state index contributed by atoms with van der Waals surface area (Å²) in [6.45, 7) is 13.3. The number of nitrogens with zero attached hydrogens (tertiary/aromatic N) is 1. The van der Waals surface area contributed by atoms with Crippen LogP contribution in [0.4, 0.5) is 13.2 Å². The van der Waals surface area contributed by atoms with Crippen LogP contribution in [0.1, 0.15) is 66.7 Å². The molecule has 0 aliphatic carbocycles. The van der Waals surface area contributed by atoms with Gasteiger partial charge in [-0.15, -0.1) is 0 Å². The van der Waals surface area contributed by atoms with E-state index in [1.54, 1.807) is 0 Å². The highest BCUT2D eigenvalue weighted by Crippen LogP contribution is 2.29. The normalized spacial score (nSPS) is 17.0. The molecule has 0 aromatic carbocycles. The summed E-state index contributed by atoms with van der Waals surface area (Å²) in [5.41, 5.74) is -0.0930. The van der Waals surface area contributed by atoms with Crippen LogP contribution in [0.2, 0.25) is 0 Å². The second-order valence-electron chi connectivity index (χ2n) is 5.90. The number of hydrogen-bond donors (Lipinski definition) is 1. The maximum absolute atomic E-state index is 12.4. The molecule has 2 unspecified atom stereocenters. The number of rotatable bonds is 11. The average Bonchev–Trinajstić information content (AvgIpc) is 2.42. The second kappa shape index (κ2) is 9.67. The van der Waals surface area contributed by atoms with Crippen LogP contribution in [0.5, 0.6) is 0 Å². The summed E-state index contributed by atoms with van der Waals surface area (Å²) in [6.07, 6.45) is -2.04. The van der Waals surface area contributed by atoms with Gasteiger partial charge in [-0.1, -0.05) is 27.7 Å². The molecule has 0 amide bonds. The molecule has 1 N–H and O–H groups in total. The smallest absolute Gasteiger partial charge is 0.312 e. The average molecular weight is 310 g/mol. The van der Waals surface area contributed by atoms with E-state index in [0.717, 1.165) is 32.5 Å². The molecule has 0 aromatic rings. The Labute approximate surface area is 128 Å². The Bertz CT molecular complexity index is 265. The molecule has 0 fully saturated rings. The zero-order chi connectivity index (χ0) is 16.5. The van der Waals surface area contributed by atoms with Crippen molar-refractivity contribution in [2.45, 2.75) is 84.5 Å². The fourth-order valence-electron chi connectivity index (χ4n) is 3.09. The molecule has 0 radical (unpaired) electrons. The summed E-state index contributed by atoms with van der Waals surface area (Å²) >= 11 is 0. The van der Waals surface area contributed by atoms with E-state index in [1.165, 1.54) is 0 Å². The molecular formula is C16H33F3N2. The van der Waals surface area contributed by atoms with E-state index in [9.17, 15) is 13.2 Å². The van der Waals surface area contributed by atoms with E-state index in [0.29, 0.717) is 6.42 Å². The van der Waals surface area contributed by atoms with Crippen molar-refractivity contribution in [3.05, 3.63) is 0 Å². The van der Waals surface area contributed by atoms with Gasteiger partial charge in [-0.2, -0.15) is 13.2 Å². The molecule has 128 valence electrons. The van der Waals surface area contributed by atoms with Gasteiger partial charge in [0.1, 0.15) is 0 Å². The number of halogens is 3. The molecule has 21 heavy (non-hydrogen) atoms. The predicted molar refractivity (Wildman–Crippen MR) is 83.6 cm³/mol. The summed E-state index contributed by atoms with van der Waals surface area (Å²) in [5.74, 6) is 0. The monoisotopic (exact) mass is 310 g/mol. The number of alkyl halides is 3. The molecule has 0 aliphatic rings. The first kappa shape index (κ1) is 20.7. The van der Waals surface area contributed by atoms with Crippen LogP contribution in [0.3, 0.4) is 0 Å². The van der Waals surface area contributed by atoms with Crippen LogP contribution in [0.15, 0.2) is 0 Å². The molecule has 2 nitrogen and oxygen atoms in total. The summed E-state index contributed by atoms with van der Waals surface area (Å²) in [5, 5.41) is 3.49. The second-order valence-corrected chi connectivity index (χ2v) is 5.90. The molecular weight excluding hydrogens is 277 g/mol. The molecule has 0 saturated carbocycles. The topological polar surface area (TPSA) is 15.3 Å². The van der Waals surface area contributed by atoms with E-state index in [2.05, 4.69) is 44.8 Å². The Balaban J connectivity index is 4.89. The van der Waals surface area contributed by atoms with Crippen molar-refractivity contribution in [3.63, 3.8) is 0 Å². The minimum Gasteiger partial charge on any atom is -0.312 e. The highest BCUT2D eigenvalue weighted by Gasteiger charge is 2.37. The maximum Gasteiger partial charge on any atom is 0.389 e. The van der Waals surface area contributed by atoms with Crippen LogP contribution in [0.25, 0.3) is 0 Å². The molecule has 0 aromatic heterocycles. The summed E-state index contributed by atoms with van der Waals surface area (Å²) in [4.78, 5) is 2.37. The van der Waals surface area contributed by atoms with Crippen molar-refractivity contribution in [2.75, 3.05) is 19.6 Å². The van der Waals surface area contributed by atoms with Crippen molar-refractivity contribution in [1.82, 2.24) is 10.2 Å². The van der Waals surface area contributed by atoms with E-state index in [1.807, 2.05) is 0 Å². The minimum atomic E-state index is -4.05. The van der Waals surface area contributed by atoms with Crippen molar-refractivity contribution < 1.29 is 13.2 Å². The zero-order valence-corrected chi connectivity index (χ0v) is 14.3. The lowest BCUT2D eigenvalue weighted by Crippen LogP contribution is -2.59. The Kier molecular flexibility index (Phi) is 9.54. The molecule has 0 saturated heterocycles. The van der Waals surface area contributed by atoms with Gasteiger partial charge in [0.15, 0.2) is 0 Å². The van der Waals surface area contributed by atoms with Gasteiger partial charge in [0, 0.05) is 18.0 Å². The minimum absolute atomic E-state index is 0.0930. The zero-order valence-electron chi connectivity index (χ0n) is 14.3. The van der Waals surface area contributed by atoms with Gasteiger partial charge < -0.3 is 5.32 Å². The third-order valence-corrected chi connectivity index (χ3v) is 4.55. The lowest BCUT2D eigenvalue weighted by molar-refractivity contribution is -0.136. The van der Waals surface area contributed by atoms with E-state index >= 15 is 0 Å². The van der Waals surface area contributed by atoms with Gasteiger partial charge in [-0.25, -0.2) is 0 Å². The fourth-order valence-corrected chi connectivity index (χ4v) is 3.09.